The Morgan fingerprint density at radius 2 is 1.44 bits per heavy atom. The van der Waals surface area contributed by atoms with Gasteiger partial charge in [-0.05, 0) is 17.2 Å². The van der Waals surface area contributed by atoms with Crippen LogP contribution in [-0.2, 0) is 0 Å². The predicted molar refractivity (Wildman–Crippen MR) is 70.4 cm³/mol. The summed E-state index contributed by atoms with van der Waals surface area (Å²) < 4.78 is 0. The Bertz CT molecular complexity index is 555. The van der Waals surface area contributed by atoms with Crippen molar-refractivity contribution >= 4 is 6.03 Å². The number of nitrogens with zero attached hydrogens (tertiary/aromatic N) is 1. The second kappa shape index (κ2) is 6.71. The van der Waals surface area contributed by atoms with Crippen LogP contribution in [0, 0.1) is 11.3 Å². The van der Waals surface area contributed by atoms with E-state index in [1.54, 1.807) is 0 Å². The van der Waals surface area contributed by atoms with Gasteiger partial charge in [0.25, 0.3) is 0 Å². The maximum Gasteiger partial charge on any atom is 0.309 e. The van der Waals surface area contributed by atoms with E-state index in [1.165, 1.54) is 0 Å². The zero-order chi connectivity index (χ0) is 13.4. The van der Waals surface area contributed by atoms with E-state index in [0.717, 1.165) is 16.7 Å². The maximum atomic E-state index is 9.00. The standard InChI is InChI=1S/C13H9N.CH4N2O/c14-10-12-8-4-5-9-13(12)11-6-2-1-3-7-11;2-1(3)4/h1-9H;(H4,2,3,4). The van der Waals surface area contributed by atoms with Gasteiger partial charge in [-0.3, -0.25) is 0 Å². The molecular weight excluding hydrogens is 226 g/mol. The van der Waals surface area contributed by atoms with E-state index in [2.05, 4.69) is 17.5 Å². The molecule has 0 spiro atoms. The Morgan fingerprint density at radius 1 is 0.944 bits per heavy atom. The molecule has 2 amide bonds. The van der Waals surface area contributed by atoms with Gasteiger partial charge < -0.3 is 11.5 Å². The van der Waals surface area contributed by atoms with Gasteiger partial charge in [-0.15, -0.1) is 0 Å². The molecular formula is C14H13N3O. The fourth-order valence-electron chi connectivity index (χ4n) is 1.45. The quantitative estimate of drug-likeness (QED) is 0.798. The highest BCUT2D eigenvalue weighted by molar-refractivity contribution is 5.70. The van der Waals surface area contributed by atoms with E-state index >= 15 is 0 Å². The lowest BCUT2D eigenvalue weighted by Gasteiger charge is -2.02. The summed E-state index contributed by atoms with van der Waals surface area (Å²) in [7, 11) is 0. The summed E-state index contributed by atoms with van der Waals surface area (Å²) in [6.45, 7) is 0. The van der Waals surface area contributed by atoms with Crippen LogP contribution in [0.3, 0.4) is 0 Å². The number of hydrogen-bond donors (Lipinski definition) is 2. The minimum absolute atomic E-state index is 0.721. The first kappa shape index (κ1) is 13.3. The summed E-state index contributed by atoms with van der Waals surface area (Å²) in [5, 5.41) is 8.93. The number of nitrogens with two attached hydrogens (primary N) is 2. The number of amides is 2. The van der Waals surface area contributed by atoms with E-state index in [9.17, 15) is 0 Å². The summed E-state index contributed by atoms with van der Waals surface area (Å²) in [4.78, 5) is 9.00. The van der Waals surface area contributed by atoms with Gasteiger partial charge in [-0.25, -0.2) is 4.79 Å². The number of carbonyl (C=O) groups excluding carboxylic acids is 1. The summed E-state index contributed by atoms with van der Waals surface area (Å²) in [5.41, 5.74) is 11.3. The lowest BCUT2D eigenvalue weighted by Crippen LogP contribution is -2.18. The molecule has 0 saturated carbocycles. The van der Waals surface area contributed by atoms with E-state index in [4.69, 9.17) is 10.1 Å². The van der Waals surface area contributed by atoms with Crippen LogP contribution in [0.15, 0.2) is 54.6 Å². The number of carbonyl (C=O) groups is 1. The van der Waals surface area contributed by atoms with Crippen molar-refractivity contribution in [2.45, 2.75) is 0 Å². The van der Waals surface area contributed by atoms with Crippen molar-refractivity contribution < 1.29 is 4.79 Å². The molecule has 0 saturated heterocycles. The third kappa shape index (κ3) is 3.99. The zero-order valence-corrected chi connectivity index (χ0v) is 9.71. The van der Waals surface area contributed by atoms with E-state index in [-0.39, 0.29) is 0 Å². The summed E-state index contributed by atoms with van der Waals surface area (Å²) in [6.07, 6.45) is 0. The molecule has 0 aliphatic rings. The second-order valence-electron chi connectivity index (χ2n) is 3.43. The van der Waals surface area contributed by atoms with Gasteiger partial charge in [0.2, 0.25) is 0 Å². The van der Waals surface area contributed by atoms with Crippen LogP contribution in [0.25, 0.3) is 11.1 Å². The first-order chi connectivity index (χ1) is 8.65. The van der Waals surface area contributed by atoms with Crippen molar-refractivity contribution in [1.82, 2.24) is 0 Å². The molecule has 0 aliphatic heterocycles. The molecule has 0 radical (unpaired) electrons. The van der Waals surface area contributed by atoms with Gasteiger partial charge in [0.05, 0.1) is 11.6 Å². The molecule has 90 valence electrons. The van der Waals surface area contributed by atoms with Crippen LogP contribution in [0.1, 0.15) is 5.56 Å². The highest BCUT2D eigenvalue weighted by Crippen LogP contribution is 2.22. The molecule has 18 heavy (non-hydrogen) atoms. The van der Waals surface area contributed by atoms with Crippen LogP contribution in [0.2, 0.25) is 0 Å². The predicted octanol–water partition coefficient (Wildman–Crippen LogP) is 2.25. The van der Waals surface area contributed by atoms with E-state index in [0.29, 0.717) is 0 Å². The Hall–Kier alpha value is -2.80. The van der Waals surface area contributed by atoms with Crippen LogP contribution < -0.4 is 11.5 Å². The van der Waals surface area contributed by atoms with Gasteiger partial charge in [0, 0.05) is 0 Å². The molecule has 2 rings (SSSR count). The minimum Gasteiger partial charge on any atom is -0.352 e. The smallest absolute Gasteiger partial charge is 0.309 e. The van der Waals surface area contributed by atoms with Crippen LogP contribution >= 0.6 is 0 Å². The Balaban J connectivity index is 0.000000357. The summed E-state index contributed by atoms with van der Waals surface area (Å²) in [6, 6.07) is 18.9. The first-order valence-electron chi connectivity index (χ1n) is 5.24. The molecule has 4 heteroatoms. The van der Waals surface area contributed by atoms with Gasteiger partial charge in [0.1, 0.15) is 0 Å². The number of nitriles is 1. The average molecular weight is 239 g/mol. The normalized spacial score (nSPS) is 8.61. The van der Waals surface area contributed by atoms with Crippen molar-refractivity contribution in [1.29, 1.82) is 5.26 Å². The highest BCUT2D eigenvalue weighted by atomic mass is 16.2. The highest BCUT2D eigenvalue weighted by Gasteiger charge is 2.01. The van der Waals surface area contributed by atoms with Crippen LogP contribution in [-0.4, -0.2) is 6.03 Å². The largest absolute Gasteiger partial charge is 0.352 e. The third-order valence-corrected chi connectivity index (χ3v) is 2.13. The van der Waals surface area contributed by atoms with Gasteiger partial charge >= 0.3 is 6.03 Å². The summed E-state index contributed by atoms with van der Waals surface area (Å²) in [5.74, 6) is 0. The molecule has 0 aromatic heterocycles. The first-order valence-corrected chi connectivity index (χ1v) is 5.24. The molecule has 0 atom stereocenters. The number of hydrogen-bond acceptors (Lipinski definition) is 2. The Morgan fingerprint density at radius 3 is 2.00 bits per heavy atom. The Kier molecular flexibility index (Phi) is 4.95. The minimum atomic E-state index is -0.833. The van der Waals surface area contributed by atoms with E-state index in [1.807, 2.05) is 54.6 Å². The fraction of sp³-hybridized carbons (Fsp3) is 0. The average Bonchev–Trinajstić information content (AvgIpc) is 2.39. The zero-order valence-electron chi connectivity index (χ0n) is 9.71. The van der Waals surface area contributed by atoms with E-state index < -0.39 is 6.03 Å². The lowest BCUT2D eigenvalue weighted by molar-refractivity contribution is 0.256. The monoisotopic (exact) mass is 239 g/mol. The molecule has 0 bridgehead atoms. The topological polar surface area (TPSA) is 92.9 Å². The molecule has 0 heterocycles. The third-order valence-electron chi connectivity index (χ3n) is 2.13. The van der Waals surface area contributed by atoms with Gasteiger partial charge in [-0.1, -0.05) is 48.5 Å². The number of rotatable bonds is 1. The van der Waals surface area contributed by atoms with Crippen molar-refractivity contribution in [3.05, 3.63) is 60.2 Å². The molecule has 2 aromatic rings. The summed E-state index contributed by atoms with van der Waals surface area (Å²) >= 11 is 0. The molecule has 4 nitrogen and oxygen atoms in total. The number of urea groups is 1. The molecule has 2 aromatic carbocycles. The van der Waals surface area contributed by atoms with Crippen molar-refractivity contribution in [2.24, 2.45) is 11.5 Å². The fourth-order valence-corrected chi connectivity index (χ4v) is 1.45. The molecule has 0 aliphatic carbocycles. The number of benzene rings is 2. The lowest BCUT2D eigenvalue weighted by atomic mass is 10.0. The Labute approximate surface area is 105 Å². The van der Waals surface area contributed by atoms with Crippen molar-refractivity contribution in [3.63, 3.8) is 0 Å². The van der Waals surface area contributed by atoms with Crippen molar-refractivity contribution in [3.8, 4) is 17.2 Å². The SMILES string of the molecule is N#Cc1ccccc1-c1ccccc1.NC(N)=O. The molecule has 0 unspecified atom stereocenters. The maximum absolute atomic E-state index is 9.00. The van der Waals surface area contributed by atoms with Crippen LogP contribution in [0.4, 0.5) is 4.79 Å². The number of primary amides is 2. The van der Waals surface area contributed by atoms with Gasteiger partial charge in [-0.2, -0.15) is 5.26 Å². The van der Waals surface area contributed by atoms with Crippen LogP contribution in [0.5, 0.6) is 0 Å². The second-order valence-corrected chi connectivity index (χ2v) is 3.43. The molecule has 4 N–H and O–H groups in total. The van der Waals surface area contributed by atoms with Gasteiger partial charge in [0.15, 0.2) is 0 Å². The molecule has 0 fully saturated rings. The van der Waals surface area contributed by atoms with Crippen molar-refractivity contribution in [2.75, 3.05) is 0 Å².